The number of hydrogen-bond acceptors (Lipinski definition) is 3. The largest absolute Gasteiger partial charge is 0.375 e. The highest BCUT2D eigenvalue weighted by Gasteiger charge is 2.00. The highest BCUT2D eigenvalue weighted by molar-refractivity contribution is 7.22. The van der Waals surface area contributed by atoms with Crippen LogP contribution in [-0.4, -0.2) is 4.98 Å². The number of nitrogen functional groups attached to an aromatic ring is 1. The lowest BCUT2D eigenvalue weighted by molar-refractivity contribution is 1.49. The van der Waals surface area contributed by atoms with E-state index in [1.54, 1.807) is 0 Å². The molecule has 3 aromatic rings. The standard InChI is InChI=1S/C15H10N2S/c16-15-17-13-9-8-12(10-14(13)18-15)7-6-11-4-2-1-3-5-11/h1-5,8-10H,(H2,16,17). The number of benzene rings is 2. The molecule has 0 aliphatic rings. The summed E-state index contributed by atoms with van der Waals surface area (Å²) in [5, 5.41) is 0.596. The molecule has 0 saturated heterocycles. The summed E-state index contributed by atoms with van der Waals surface area (Å²) in [6.07, 6.45) is 0. The van der Waals surface area contributed by atoms with Crippen molar-refractivity contribution in [3.63, 3.8) is 0 Å². The molecular weight excluding hydrogens is 240 g/mol. The van der Waals surface area contributed by atoms with E-state index >= 15 is 0 Å². The van der Waals surface area contributed by atoms with Gasteiger partial charge in [0, 0.05) is 11.1 Å². The summed E-state index contributed by atoms with van der Waals surface area (Å²) in [6.45, 7) is 0. The molecule has 0 saturated carbocycles. The van der Waals surface area contributed by atoms with Gasteiger partial charge in [-0.3, -0.25) is 0 Å². The maximum atomic E-state index is 5.68. The first-order chi connectivity index (χ1) is 8.81. The number of aromatic nitrogens is 1. The fourth-order valence-electron chi connectivity index (χ4n) is 1.69. The summed E-state index contributed by atoms with van der Waals surface area (Å²) in [5.74, 6) is 6.29. The maximum absolute atomic E-state index is 5.68. The molecule has 0 radical (unpaired) electrons. The Morgan fingerprint density at radius 2 is 1.72 bits per heavy atom. The molecular formula is C15H10N2S. The predicted molar refractivity (Wildman–Crippen MR) is 76.5 cm³/mol. The second kappa shape index (κ2) is 4.52. The molecule has 3 heteroatoms. The van der Waals surface area contributed by atoms with E-state index in [1.165, 1.54) is 11.3 Å². The minimum absolute atomic E-state index is 0.596. The smallest absolute Gasteiger partial charge is 0.181 e. The van der Waals surface area contributed by atoms with Crippen LogP contribution in [0.5, 0.6) is 0 Å². The minimum atomic E-state index is 0.596. The van der Waals surface area contributed by atoms with Crippen LogP contribution in [0, 0.1) is 11.8 Å². The normalized spacial score (nSPS) is 10.0. The molecule has 1 aromatic heterocycles. The third-order valence-corrected chi connectivity index (χ3v) is 3.38. The molecule has 86 valence electrons. The molecule has 2 N–H and O–H groups in total. The van der Waals surface area contributed by atoms with Gasteiger partial charge in [-0.15, -0.1) is 0 Å². The molecule has 0 aliphatic heterocycles. The van der Waals surface area contributed by atoms with E-state index in [9.17, 15) is 0 Å². The van der Waals surface area contributed by atoms with E-state index in [0.29, 0.717) is 5.13 Å². The Bertz CT molecular complexity index is 748. The third-order valence-electron chi connectivity index (χ3n) is 2.53. The number of anilines is 1. The first-order valence-electron chi connectivity index (χ1n) is 5.54. The van der Waals surface area contributed by atoms with Gasteiger partial charge in [0.05, 0.1) is 10.2 Å². The van der Waals surface area contributed by atoms with Crippen LogP contribution >= 0.6 is 11.3 Å². The Hall–Kier alpha value is -2.31. The molecule has 0 amide bonds. The zero-order valence-electron chi connectivity index (χ0n) is 9.55. The molecule has 3 rings (SSSR count). The molecule has 0 spiro atoms. The summed E-state index contributed by atoms with van der Waals surface area (Å²) in [4.78, 5) is 4.22. The van der Waals surface area contributed by atoms with Gasteiger partial charge in [0.15, 0.2) is 5.13 Å². The number of nitrogens with two attached hydrogens (primary N) is 1. The summed E-state index contributed by atoms with van der Waals surface area (Å²) in [7, 11) is 0. The second-order valence-corrected chi connectivity index (χ2v) is 4.91. The van der Waals surface area contributed by atoms with Crippen molar-refractivity contribution in [2.75, 3.05) is 5.73 Å². The average molecular weight is 250 g/mol. The van der Waals surface area contributed by atoms with Gasteiger partial charge in [0.25, 0.3) is 0 Å². The van der Waals surface area contributed by atoms with E-state index in [1.807, 2.05) is 48.5 Å². The molecule has 0 unspecified atom stereocenters. The number of thiazole rings is 1. The third kappa shape index (κ3) is 2.20. The summed E-state index contributed by atoms with van der Waals surface area (Å²) in [6, 6.07) is 15.9. The van der Waals surface area contributed by atoms with Crippen LogP contribution in [0.4, 0.5) is 5.13 Å². The molecule has 18 heavy (non-hydrogen) atoms. The first kappa shape index (κ1) is 10.8. The lowest BCUT2D eigenvalue weighted by atomic mass is 10.2. The predicted octanol–water partition coefficient (Wildman–Crippen LogP) is 3.28. The van der Waals surface area contributed by atoms with Gasteiger partial charge in [-0.1, -0.05) is 41.4 Å². The molecule has 0 fully saturated rings. The van der Waals surface area contributed by atoms with Gasteiger partial charge in [-0.2, -0.15) is 0 Å². The van der Waals surface area contributed by atoms with Crippen LogP contribution in [0.2, 0.25) is 0 Å². The Morgan fingerprint density at radius 3 is 2.56 bits per heavy atom. The van der Waals surface area contributed by atoms with Gasteiger partial charge in [0.2, 0.25) is 0 Å². The van der Waals surface area contributed by atoms with Gasteiger partial charge >= 0.3 is 0 Å². The molecule has 0 aliphatic carbocycles. The van der Waals surface area contributed by atoms with Crippen LogP contribution in [0.1, 0.15) is 11.1 Å². The SMILES string of the molecule is Nc1nc2ccc(C#Cc3ccccc3)cc2s1. The lowest BCUT2D eigenvalue weighted by Gasteiger charge is -1.90. The summed E-state index contributed by atoms with van der Waals surface area (Å²) < 4.78 is 1.08. The fourth-order valence-corrected chi connectivity index (χ4v) is 2.46. The van der Waals surface area contributed by atoms with Crippen molar-refractivity contribution in [3.8, 4) is 11.8 Å². The van der Waals surface area contributed by atoms with E-state index < -0.39 is 0 Å². The number of hydrogen-bond donors (Lipinski definition) is 1. The maximum Gasteiger partial charge on any atom is 0.181 e. The lowest BCUT2D eigenvalue weighted by Crippen LogP contribution is -1.79. The van der Waals surface area contributed by atoms with Crippen LogP contribution in [0.15, 0.2) is 48.5 Å². The van der Waals surface area contributed by atoms with Crippen molar-refractivity contribution in [1.82, 2.24) is 4.98 Å². The van der Waals surface area contributed by atoms with Crippen molar-refractivity contribution < 1.29 is 0 Å². The van der Waals surface area contributed by atoms with E-state index in [4.69, 9.17) is 5.73 Å². The molecule has 2 nitrogen and oxygen atoms in total. The summed E-state index contributed by atoms with van der Waals surface area (Å²) >= 11 is 1.49. The van der Waals surface area contributed by atoms with Crippen molar-refractivity contribution >= 4 is 26.7 Å². The van der Waals surface area contributed by atoms with Crippen molar-refractivity contribution in [1.29, 1.82) is 0 Å². The van der Waals surface area contributed by atoms with Gasteiger partial charge in [-0.25, -0.2) is 4.98 Å². The highest BCUT2D eigenvalue weighted by atomic mass is 32.1. The second-order valence-electron chi connectivity index (χ2n) is 3.85. The quantitative estimate of drug-likeness (QED) is 0.622. The zero-order chi connectivity index (χ0) is 12.4. The molecule has 1 heterocycles. The Labute approximate surface area is 109 Å². The molecule has 0 atom stereocenters. The van der Waals surface area contributed by atoms with Gasteiger partial charge in [0.1, 0.15) is 0 Å². The fraction of sp³-hybridized carbons (Fsp3) is 0. The summed E-state index contributed by atoms with van der Waals surface area (Å²) in [5.41, 5.74) is 8.61. The van der Waals surface area contributed by atoms with Crippen LogP contribution in [0.3, 0.4) is 0 Å². The van der Waals surface area contributed by atoms with Crippen molar-refractivity contribution in [2.45, 2.75) is 0 Å². The van der Waals surface area contributed by atoms with Crippen LogP contribution < -0.4 is 5.73 Å². The first-order valence-corrected chi connectivity index (χ1v) is 6.36. The average Bonchev–Trinajstić information content (AvgIpc) is 2.77. The molecule has 2 aromatic carbocycles. The van der Waals surface area contributed by atoms with Crippen molar-refractivity contribution in [2.24, 2.45) is 0 Å². The van der Waals surface area contributed by atoms with E-state index in [2.05, 4.69) is 16.8 Å². The van der Waals surface area contributed by atoms with E-state index in [0.717, 1.165) is 21.3 Å². The Balaban J connectivity index is 1.98. The Kier molecular flexibility index (Phi) is 2.71. The van der Waals surface area contributed by atoms with Gasteiger partial charge < -0.3 is 5.73 Å². The highest BCUT2D eigenvalue weighted by Crippen LogP contribution is 2.24. The number of rotatable bonds is 0. The molecule has 0 bridgehead atoms. The number of fused-ring (bicyclic) bond motifs is 1. The monoisotopic (exact) mass is 250 g/mol. The Morgan fingerprint density at radius 1 is 0.944 bits per heavy atom. The zero-order valence-corrected chi connectivity index (χ0v) is 10.4. The van der Waals surface area contributed by atoms with Crippen LogP contribution in [-0.2, 0) is 0 Å². The van der Waals surface area contributed by atoms with Crippen molar-refractivity contribution in [3.05, 3.63) is 59.7 Å². The van der Waals surface area contributed by atoms with Crippen LogP contribution in [0.25, 0.3) is 10.2 Å². The minimum Gasteiger partial charge on any atom is -0.375 e. The van der Waals surface area contributed by atoms with Gasteiger partial charge in [-0.05, 0) is 30.3 Å². The number of nitrogens with zero attached hydrogens (tertiary/aromatic N) is 1. The topological polar surface area (TPSA) is 38.9 Å². The van der Waals surface area contributed by atoms with E-state index in [-0.39, 0.29) is 0 Å².